The number of hydrogen-bond donors (Lipinski definition) is 1. The molecule has 0 aliphatic carbocycles. The highest BCUT2D eigenvalue weighted by molar-refractivity contribution is 7.99. The highest BCUT2D eigenvalue weighted by atomic mass is 35.5. The van der Waals surface area contributed by atoms with E-state index in [9.17, 15) is 4.79 Å². The predicted molar refractivity (Wildman–Crippen MR) is 109 cm³/mol. The summed E-state index contributed by atoms with van der Waals surface area (Å²) >= 11 is 13.0. The molecule has 3 rings (SSSR count). The highest BCUT2D eigenvalue weighted by Crippen LogP contribution is 2.33. The van der Waals surface area contributed by atoms with Crippen LogP contribution in [0.1, 0.15) is 0 Å². The Morgan fingerprint density at radius 1 is 1.14 bits per heavy atom. The van der Waals surface area contributed by atoms with Gasteiger partial charge in [-0.2, -0.15) is 0 Å². The van der Waals surface area contributed by atoms with Crippen LogP contribution in [0.5, 0.6) is 11.5 Å². The lowest BCUT2D eigenvalue weighted by Crippen LogP contribution is -2.14. The maximum atomic E-state index is 12.1. The molecule has 1 amide bonds. The summed E-state index contributed by atoms with van der Waals surface area (Å²) in [5.74, 6) is 1.24. The zero-order valence-corrected chi connectivity index (χ0v) is 17.2. The van der Waals surface area contributed by atoms with Crippen LogP contribution in [0.2, 0.25) is 10.0 Å². The molecular weight excluding hydrogens is 425 g/mol. The van der Waals surface area contributed by atoms with Crippen molar-refractivity contribution in [3.8, 4) is 23.0 Å². The number of ether oxygens (including phenoxy) is 2. The average Bonchev–Trinajstić information content (AvgIpc) is 3.17. The molecule has 0 saturated carbocycles. The first-order valence-corrected chi connectivity index (χ1v) is 9.68. The van der Waals surface area contributed by atoms with Crippen molar-refractivity contribution >= 4 is 46.6 Å². The first-order valence-electron chi connectivity index (χ1n) is 7.93. The third-order valence-corrected chi connectivity index (χ3v) is 4.96. The van der Waals surface area contributed by atoms with Crippen LogP contribution in [0.15, 0.2) is 46.0 Å². The van der Waals surface area contributed by atoms with Gasteiger partial charge in [-0.05, 0) is 30.3 Å². The van der Waals surface area contributed by atoms with E-state index in [1.165, 1.54) is 7.11 Å². The molecule has 7 nitrogen and oxygen atoms in total. The van der Waals surface area contributed by atoms with Gasteiger partial charge in [0.2, 0.25) is 5.91 Å². The van der Waals surface area contributed by atoms with Crippen LogP contribution < -0.4 is 14.8 Å². The van der Waals surface area contributed by atoms with E-state index in [0.29, 0.717) is 32.8 Å². The summed E-state index contributed by atoms with van der Waals surface area (Å²) in [6.45, 7) is 0. The molecule has 0 aliphatic heterocycles. The minimum atomic E-state index is -0.282. The summed E-state index contributed by atoms with van der Waals surface area (Å²) < 4.78 is 16.1. The molecule has 2 aromatic carbocycles. The Hall–Kier alpha value is -2.42. The van der Waals surface area contributed by atoms with Crippen molar-refractivity contribution in [3.63, 3.8) is 0 Å². The molecule has 0 spiro atoms. The number of hydrogen-bond acceptors (Lipinski definition) is 7. The number of benzene rings is 2. The van der Waals surface area contributed by atoms with Gasteiger partial charge in [-0.25, -0.2) is 0 Å². The monoisotopic (exact) mass is 439 g/mol. The molecule has 3 aromatic rings. The number of amides is 1. The smallest absolute Gasteiger partial charge is 0.277 e. The van der Waals surface area contributed by atoms with Crippen LogP contribution in [0.3, 0.4) is 0 Å². The Labute approximate surface area is 175 Å². The number of aromatic nitrogens is 2. The quantitative estimate of drug-likeness (QED) is 0.529. The molecule has 1 N–H and O–H groups in total. The van der Waals surface area contributed by atoms with Crippen LogP contribution in [-0.2, 0) is 4.79 Å². The Morgan fingerprint density at radius 2 is 1.96 bits per heavy atom. The number of anilines is 1. The standard InChI is InChI=1S/C18H15Cl2N3O4S/c1-25-11-4-5-12(15(8-11)26-2)17-22-23-18(27-17)28-9-16(24)21-14-7-10(19)3-6-13(14)20/h3-8H,9H2,1-2H3,(H,21,24). The number of methoxy groups -OCH3 is 2. The molecule has 0 atom stereocenters. The lowest BCUT2D eigenvalue weighted by Gasteiger charge is -2.07. The molecule has 1 aromatic heterocycles. The van der Waals surface area contributed by atoms with Crippen molar-refractivity contribution in [2.75, 3.05) is 25.3 Å². The number of carbonyl (C=O) groups is 1. The van der Waals surface area contributed by atoms with Gasteiger partial charge < -0.3 is 19.2 Å². The second kappa shape index (κ2) is 9.18. The first kappa shape index (κ1) is 20.3. The van der Waals surface area contributed by atoms with Crippen LogP contribution >= 0.6 is 35.0 Å². The largest absolute Gasteiger partial charge is 0.497 e. The highest BCUT2D eigenvalue weighted by Gasteiger charge is 2.16. The van der Waals surface area contributed by atoms with Gasteiger partial charge in [0.1, 0.15) is 11.5 Å². The fourth-order valence-electron chi connectivity index (χ4n) is 2.26. The fourth-order valence-corrected chi connectivity index (χ4v) is 3.16. The van der Waals surface area contributed by atoms with Crippen molar-refractivity contribution in [1.29, 1.82) is 0 Å². The van der Waals surface area contributed by atoms with Gasteiger partial charge in [0, 0.05) is 11.1 Å². The molecule has 0 aliphatic rings. The molecular formula is C18H15Cl2N3O4S. The number of rotatable bonds is 7. The molecule has 0 unspecified atom stereocenters. The average molecular weight is 440 g/mol. The SMILES string of the molecule is COc1ccc(-c2nnc(SCC(=O)Nc3cc(Cl)ccc3Cl)o2)c(OC)c1. The van der Waals surface area contributed by atoms with Gasteiger partial charge in [-0.15, -0.1) is 10.2 Å². The van der Waals surface area contributed by atoms with Gasteiger partial charge in [-0.1, -0.05) is 35.0 Å². The Morgan fingerprint density at radius 3 is 2.71 bits per heavy atom. The Bertz CT molecular complexity index is 997. The van der Waals surface area contributed by atoms with E-state index in [0.717, 1.165) is 11.8 Å². The minimum Gasteiger partial charge on any atom is -0.497 e. The van der Waals surface area contributed by atoms with Crippen molar-refractivity contribution in [1.82, 2.24) is 10.2 Å². The van der Waals surface area contributed by atoms with E-state index in [2.05, 4.69) is 15.5 Å². The van der Waals surface area contributed by atoms with Crippen LogP contribution in [-0.4, -0.2) is 36.1 Å². The number of thioether (sulfide) groups is 1. The first-order chi connectivity index (χ1) is 13.5. The van der Waals surface area contributed by atoms with E-state index in [4.69, 9.17) is 37.1 Å². The van der Waals surface area contributed by atoms with Crippen molar-refractivity contribution < 1.29 is 18.7 Å². The molecule has 0 saturated heterocycles. The minimum absolute atomic E-state index is 0.0597. The van der Waals surface area contributed by atoms with Gasteiger partial charge in [0.15, 0.2) is 0 Å². The summed E-state index contributed by atoms with van der Waals surface area (Å²) in [5, 5.41) is 11.8. The van der Waals surface area contributed by atoms with Crippen molar-refractivity contribution in [2.24, 2.45) is 0 Å². The van der Waals surface area contributed by atoms with E-state index in [1.807, 2.05) is 0 Å². The topological polar surface area (TPSA) is 86.5 Å². The summed E-state index contributed by atoms with van der Waals surface area (Å²) in [6.07, 6.45) is 0. The third-order valence-electron chi connectivity index (χ3n) is 3.57. The number of carbonyl (C=O) groups excluding carboxylic acids is 1. The molecule has 0 radical (unpaired) electrons. The fraction of sp³-hybridized carbons (Fsp3) is 0.167. The molecule has 10 heteroatoms. The second-order valence-corrected chi connectivity index (χ2v) is 7.17. The van der Waals surface area contributed by atoms with Crippen LogP contribution in [0, 0.1) is 0 Å². The summed E-state index contributed by atoms with van der Waals surface area (Å²) in [4.78, 5) is 12.1. The van der Waals surface area contributed by atoms with E-state index < -0.39 is 0 Å². The van der Waals surface area contributed by atoms with Crippen LogP contribution in [0.25, 0.3) is 11.5 Å². The molecule has 28 heavy (non-hydrogen) atoms. The third kappa shape index (κ3) is 4.89. The van der Waals surface area contributed by atoms with Crippen molar-refractivity contribution in [2.45, 2.75) is 5.22 Å². The van der Waals surface area contributed by atoms with Gasteiger partial charge in [-0.3, -0.25) is 4.79 Å². The summed E-state index contributed by atoms with van der Waals surface area (Å²) in [7, 11) is 3.10. The molecule has 146 valence electrons. The maximum absolute atomic E-state index is 12.1. The normalized spacial score (nSPS) is 10.6. The predicted octanol–water partition coefficient (Wildman–Crippen LogP) is 4.79. The lowest BCUT2D eigenvalue weighted by molar-refractivity contribution is -0.113. The van der Waals surface area contributed by atoms with E-state index in [-0.39, 0.29) is 22.8 Å². The van der Waals surface area contributed by atoms with E-state index >= 15 is 0 Å². The summed E-state index contributed by atoms with van der Waals surface area (Å²) in [6, 6.07) is 10.1. The molecule has 0 bridgehead atoms. The van der Waals surface area contributed by atoms with Gasteiger partial charge >= 0.3 is 0 Å². The van der Waals surface area contributed by atoms with Crippen LogP contribution in [0.4, 0.5) is 5.69 Å². The lowest BCUT2D eigenvalue weighted by atomic mass is 10.2. The molecule has 0 fully saturated rings. The van der Waals surface area contributed by atoms with E-state index in [1.54, 1.807) is 43.5 Å². The maximum Gasteiger partial charge on any atom is 0.277 e. The zero-order chi connectivity index (χ0) is 20.1. The summed E-state index contributed by atoms with van der Waals surface area (Å²) in [5.41, 5.74) is 1.06. The number of nitrogens with zero attached hydrogens (tertiary/aromatic N) is 2. The zero-order valence-electron chi connectivity index (χ0n) is 14.9. The van der Waals surface area contributed by atoms with Gasteiger partial charge in [0.25, 0.3) is 11.1 Å². The number of nitrogens with one attached hydrogen (secondary N) is 1. The Kier molecular flexibility index (Phi) is 6.66. The van der Waals surface area contributed by atoms with Crippen molar-refractivity contribution in [3.05, 3.63) is 46.4 Å². The second-order valence-electron chi connectivity index (χ2n) is 5.40. The Balaban J connectivity index is 1.65. The number of halogens is 2. The van der Waals surface area contributed by atoms with Gasteiger partial charge in [0.05, 0.1) is 36.2 Å². The molecule has 1 heterocycles.